The smallest absolute Gasteiger partial charge is 0.271 e. The molecule has 2 rings (SSSR count). The number of hydrogen-bond donors (Lipinski definition) is 2. The van der Waals surface area contributed by atoms with Crippen LogP contribution in [0.3, 0.4) is 0 Å². The maximum absolute atomic E-state index is 13.8. The lowest BCUT2D eigenvalue weighted by atomic mass is 10.1. The molecule has 1 heterocycles. The second-order valence-electron chi connectivity index (χ2n) is 3.57. The summed E-state index contributed by atoms with van der Waals surface area (Å²) in [6.07, 6.45) is 5.28. The molecule has 0 saturated carbocycles. The zero-order valence-electron chi connectivity index (χ0n) is 9.90. The summed E-state index contributed by atoms with van der Waals surface area (Å²) in [6, 6.07) is 2.61. The van der Waals surface area contributed by atoms with E-state index >= 15 is 0 Å². The van der Waals surface area contributed by atoms with Crippen LogP contribution >= 0.6 is 0 Å². The Hall–Kier alpha value is -2.88. The van der Waals surface area contributed by atoms with Crippen LogP contribution in [0, 0.1) is 18.2 Å². The van der Waals surface area contributed by atoms with E-state index in [9.17, 15) is 9.18 Å². The number of rotatable bonds is 3. The Kier molecular flexibility index (Phi) is 3.16. The molecule has 0 unspecified atom stereocenters. The third-order valence-electron chi connectivity index (χ3n) is 2.46. The fourth-order valence-corrected chi connectivity index (χ4v) is 1.65. The van der Waals surface area contributed by atoms with E-state index < -0.39 is 11.7 Å². The van der Waals surface area contributed by atoms with Crippen LogP contribution in [0.1, 0.15) is 16.1 Å². The first-order valence-corrected chi connectivity index (χ1v) is 5.13. The first kappa shape index (κ1) is 12.6. The second kappa shape index (κ2) is 4.78. The number of hydrogen-bond acceptors (Lipinski definition) is 4. The Bertz CT molecular complexity index is 688. The normalized spacial score (nSPS) is 9.95. The monoisotopic (exact) mass is 260 g/mol. The molecular weight excluding hydrogens is 251 g/mol. The Morgan fingerprint density at radius 2 is 2.26 bits per heavy atom. The lowest BCUT2D eigenvalue weighted by Gasteiger charge is -2.07. The number of carbonyl (C=O) groups is 1. The number of carbonyl (C=O) groups excluding carboxylic acids is 1. The number of aromatic nitrogens is 3. The minimum Gasteiger partial charge on any atom is -0.492 e. The summed E-state index contributed by atoms with van der Waals surface area (Å²) in [4.78, 5) is 11.2. The number of ether oxygens (including phenoxy) is 1. The minimum atomic E-state index is -0.776. The van der Waals surface area contributed by atoms with Gasteiger partial charge in [-0.2, -0.15) is 15.4 Å². The van der Waals surface area contributed by atoms with E-state index in [0.29, 0.717) is 0 Å². The number of halogens is 1. The van der Waals surface area contributed by atoms with E-state index in [1.165, 1.54) is 13.2 Å². The van der Waals surface area contributed by atoms with E-state index in [1.54, 1.807) is 0 Å². The summed E-state index contributed by atoms with van der Waals surface area (Å²) in [5.74, 6) is 0.816. The third-order valence-corrected chi connectivity index (χ3v) is 2.46. The lowest BCUT2D eigenvalue weighted by molar-refractivity contribution is 0.0996. The largest absolute Gasteiger partial charge is 0.492 e. The molecule has 0 spiro atoms. The van der Waals surface area contributed by atoms with Gasteiger partial charge in [0, 0.05) is 5.56 Å². The van der Waals surface area contributed by atoms with Gasteiger partial charge in [0.25, 0.3) is 5.91 Å². The zero-order valence-corrected chi connectivity index (χ0v) is 9.90. The third kappa shape index (κ3) is 2.11. The summed E-state index contributed by atoms with van der Waals surface area (Å²) in [5, 5.41) is 9.63. The molecule has 2 aromatic rings. The molecule has 0 saturated heterocycles. The molecule has 96 valence electrons. The van der Waals surface area contributed by atoms with Crippen molar-refractivity contribution in [3.63, 3.8) is 0 Å². The predicted octanol–water partition coefficient (Wildman–Crippen LogP) is 0.700. The van der Waals surface area contributed by atoms with Gasteiger partial charge in [-0.15, -0.1) is 6.42 Å². The summed E-state index contributed by atoms with van der Waals surface area (Å²) in [5.41, 5.74) is 5.67. The topological polar surface area (TPSA) is 93.9 Å². The van der Waals surface area contributed by atoms with Gasteiger partial charge in [0.05, 0.1) is 12.7 Å². The van der Waals surface area contributed by atoms with Crippen molar-refractivity contribution in [1.82, 2.24) is 15.4 Å². The number of terminal acetylenes is 1. The highest BCUT2D eigenvalue weighted by Gasteiger charge is 2.18. The van der Waals surface area contributed by atoms with Crippen molar-refractivity contribution in [1.29, 1.82) is 0 Å². The van der Waals surface area contributed by atoms with Gasteiger partial charge in [0.15, 0.2) is 17.3 Å². The molecule has 6 nitrogen and oxygen atoms in total. The number of amides is 1. The first-order chi connectivity index (χ1) is 9.08. The second-order valence-corrected chi connectivity index (χ2v) is 3.57. The van der Waals surface area contributed by atoms with Crippen LogP contribution in [0.15, 0.2) is 12.1 Å². The summed E-state index contributed by atoms with van der Waals surface area (Å²) < 4.78 is 18.7. The molecule has 0 aliphatic carbocycles. The van der Waals surface area contributed by atoms with Gasteiger partial charge in [-0.1, -0.05) is 5.92 Å². The maximum atomic E-state index is 13.8. The molecule has 0 radical (unpaired) electrons. The highest BCUT2D eigenvalue weighted by Crippen LogP contribution is 2.29. The fourth-order valence-electron chi connectivity index (χ4n) is 1.65. The first-order valence-electron chi connectivity index (χ1n) is 5.13. The summed E-state index contributed by atoms with van der Waals surface area (Å²) in [7, 11) is 1.31. The highest BCUT2D eigenvalue weighted by molar-refractivity contribution is 5.96. The Balaban J connectivity index is 2.64. The molecule has 1 aromatic heterocycles. The molecule has 0 fully saturated rings. The number of nitrogens with two attached hydrogens (primary N) is 1. The maximum Gasteiger partial charge on any atom is 0.271 e. The summed E-state index contributed by atoms with van der Waals surface area (Å²) >= 11 is 0. The highest BCUT2D eigenvalue weighted by atomic mass is 19.1. The van der Waals surface area contributed by atoms with Gasteiger partial charge in [-0.25, -0.2) is 4.39 Å². The summed E-state index contributed by atoms with van der Waals surface area (Å²) in [6.45, 7) is 0. The number of H-pyrrole nitrogens is 1. The van der Waals surface area contributed by atoms with Gasteiger partial charge in [0.2, 0.25) is 0 Å². The van der Waals surface area contributed by atoms with Crippen molar-refractivity contribution in [3.8, 4) is 29.4 Å². The average molecular weight is 260 g/mol. The van der Waals surface area contributed by atoms with Gasteiger partial charge >= 0.3 is 0 Å². The van der Waals surface area contributed by atoms with Gasteiger partial charge < -0.3 is 10.5 Å². The molecule has 7 heteroatoms. The number of methoxy groups -OCH3 is 1. The van der Waals surface area contributed by atoms with Crippen LogP contribution in [-0.2, 0) is 0 Å². The van der Waals surface area contributed by atoms with Crippen LogP contribution in [0.5, 0.6) is 5.75 Å². The van der Waals surface area contributed by atoms with E-state index in [1.807, 2.05) is 0 Å². The van der Waals surface area contributed by atoms with Crippen LogP contribution in [0.25, 0.3) is 11.3 Å². The number of nitrogens with zero attached hydrogens (tertiary/aromatic N) is 2. The fraction of sp³-hybridized carbons (Fsp3) is 0.0833. The van der Waals surface area contributed by atoms with E-state index in [0.717, 1.165) is 6.07 Å². The van der Waals surface area contributed by atoms with Crippen molar-refractivity contribution in [3.05, 3.63) is 29.2 Å². The lowest BCUT2D eigenvalue weighted by Crippen LogP contribution is -2.12. The Labute approximate surface area is 107 Å². The van der Waals surface area contributed by atoms with Crippen molar-refractivity contribution >= 4 is 5.91 Å². The molecular formula is C12H9FN4O2. The van der Waals surface area contributed by atoms with Crippen LogP contribution in [0.4, 0.5) is 4.39 Å². The molecule has 1 aromatic carbocycles. The number of aromatic amines is 1. The van der Waals surface area contributed by atoms with Crippen LogP contribution in [0.2, 0.25) is 0 Å². The van der Waals surface area contributed by atoms with Crippen molar-refractivity contribution in [2.75, 3.05) is 7.11 Å². The van der Waals surface area contributed by atoms with Gasteiger partial charge in [-0.3, -0.25) is 4.79 Å². The van der Waals surface area contributed by atoms with Crippen molar-refractivity contribution < 1.29 is 13.9 Å². The number of benzene rings is 1. The molecule has 1 amide bonds. The predicted molar refractivity (Wildman–Crippen MR) is 64.8 cm³/mol. The van der Waals surface area contributed by atoms with Gasteiger partial charge in [0.1, 0.15) is 5.69 Å². The molecule has 3 N–H and O–H groups in total. The molecule has 19 heavy (non-hydrogen) atoms. The van der Waals surface area contributed by atoms with Crippen LogP contribution < -0.4 is 10.5 Å². The number of primary amides is 1. The average Bonchev–Trinajstić information content (AvgIpc) is 2.87. The molecule has 0 aliphatic rings. The standard InChI is InChI=1S/C12H9FN4O2/c1-3-6-4-7(5-8(13)11(6)19-2)9-10(12(14)18)16-17-15-9/h1,4-5H,2H3,(H2,14,18)(H,15,16,17). The minimum absolute atomic E-state index is 0.0460. The molecule has 0 atom stereocenters. The Morgan fingerprint density at radius 3 is 2.84 bits per heavy atom. The Morgan fingerprint density at radius 1 is 1.53 bits per heavy atom. The molecule has 0 aliphatic heterocycles. The van der Waals surface area contributed by atoms with Crippen molar-refractivity contribution in [2.24, 2.45) is 5.73 Å². The van der Waals surface area contributed by atoms with E-state index in [-0.39, 0.29) is 28.3 Å². The quantitative estimate of drug-likeness (QED) is 0.794. The zero-order chi connectivity index (χ0) is 14.0. The van der Waals surface area contributed by atoms with Crippen LogP contribution in [-0.4, -0.2) is 28.4 Å². The SMILES string of the molecule is C#Cc1cc(-c2n[nH]nc2C(N)=O)cc(F)c1OC. The van der Waals surface area contributed by atoms with Crippen molar-refractivity contribution in [2.45, 2.75) is 0 Å². The van der Waals surface area contributed by atoms with E-state index in [2.05, 4.69) is 21.3 Å². The van der Waals surface area contributed by atoms with Gasteiger partial charge in [-0.05, 0) is 12.1 Å². The van der Waals surface area contributed by atoms with E-state index in [4.69, 9.17) is 16.9 Å². The molecule has 0 bridgehead atoms. The number of nitrogens with one attached hydrogen (secondary N) is 1.